The zero-order valence-electron chi connectivity index (χ0n) is 12.8. The summed E-state index contributed by atoms with van der Waals surface area (Å²) in [4.78, 5) is 27.3. The van der Waals surface area contributed by atoms with Crippen LogP contribution in [0.25, 0.3) is 0 Å². The molecule has 0 atom stereocenters. The molecule has 0 saturated carbocycles. The van der Waals surface area contributed by atoms with Gasteiger partial charge < -0.3 is 9.78 Å². The Labute approximate surface area is 140 Å². The second-order valence-electron chi connectivity index (χ2n) is 4.69. The van der Waals surface area contributed by atoms with Crippen molar-refractivity contribution in [2.45, 2.75) is 19.8 Å². The van der Waals surface area contributed by atoms with E-state index < -0.39 is 20.1 Å². The van der Waals surface area contributed by atoms with Gasteiger partial charge in [-0.3, -0.25) is 0 Å². The van der Waals surface area contributed by atoms with E-state index >= 15 is 0 Å². The smallest absolute Gasteiger partial charge is 0.120 e. The van der Waals surface area contributed by atoms with Gasteiger partial charge in [0.15, 0.2) is 0 Å². The molecule has 9 nitrogen and oxygen atoms in total. The number of phenolic OH excluding ortho intramolecular Hbond substituents is 1. The largest absolute Gasteiger partial charge is 0.351 e. The van der Waals surface area contributed by atoms with Gasteiger partial charge in [-0.1, -0.05) is 0 Å². The van der Waals surface area contributed by atoms with Crippen molar-refractivity contribution in [1.29, 1.82) is 0 Å². The van der Waals surface area contributed by atoms with Gasteiger partial charge in [-0.25, -0.2) is 4.98 Å². The second kappa shape index (κ2) is 9.07. The number of anilines is 1. The maximum atomic E-state index is 10.9. The van der Waals surface area contributed by atoms with Crippen LogP contribution in [0.1, 0.15) is 19.0 Å². The van der Waals surface area contributed by atoms with Gasteiger partial charge in [-0.05, 0) is 6.42 Å². The van der Waals surface area contributed by atoms with E-state index in [1.54, 1.807) is 12.5 Å². The summed E-state index contributed by atoms with van der Waals surface area (Å²) in [5.74, 6) is -0.668. The van der Waals surface area contributed by atoms with Gasteiger partial charge in [0, 0.05) is 12.6 Å². The third kappa shape index (κ3) is 6.82. The van der Waals surface area contributed by atoms with Crippen molar-refractivity contribution in [2.24, 2.45) is 0 Å². The number of hydrogen-bond donors (Lipinski definition) is 5. The van der Waals surface area contributed by atoms with Crippen molar-refractivity contribution in [1.82, 2.24) is 9.97 Å². The summed E-state index contributed by atoms with van der Waals surface area (Å²) < 4.78 is 28.6. The van der Waals surface area contributed by atoms with Gasteiger partial charge in [-0.15, -0.1) is 0 Å². The molecule has 0 aliphatic carbocycles. The van der Waals surface area contributed by atoms with Gasteiger partial charge in [0.25, 0.3) is 0 Å². The summed E-state index contributed by atoms with van der Waals surface area (Å²) in [7, 11) is 0. The fraction of sp³-hybridized carbons (Fsp3) is 0.214. The predicted octanol–water partition coefficient (Wildman–Crippen LogP) is -0.547. The van der Waals surface area contributed by atoms with Crippen LogP contribution in [0.4, 0.5) is 5.69 Å². The number of hydrogen-bond acceptors (Lipinski definition) is 5. The number of imidazole rings is 1. The fourth-order valence-electron chi connectivity index (χ4n) is 1.63. The Morgan fingerprint density at radius 1 is 1.42 bits per heavy atom. The minimum atomic E-state index is -4.98. The van der Waals surface area contributed by atoms with Crippen molar-refractivity contribution < 1.29 is 26.6 Å². The van der Waals surface area contributed by atoms with Gasteiger partial charge in [0.05, 0.1) is 12.0 Å². The Bertz CT molecular complexity index is 726. The van der Waals surface area contributed by atoms with Gasteiger partial charge in [0.2, 0.25) is 0 Å². The Kier molecular flexibility index (Phi) is 7.44. The fourth-order valence-corrected chi connectivity index (χ4v) is 2.82. The van der Waals surface area contributed by atoms with Crippen molar-refractivity contribution >= 4 is 36.4 Å². The molecule has 1 aromatic carbocycles. The zero-order valence-corrected chi connectivity index (χ0v) is 14.7. The number of aryl methyl sites for hydroxylation is 1. The van der Waals surface area contributed by atoms with Crippen LogP contribution in [-0.2, 0) is 19.7 Å². The number of amides is 1. The zero-order chi connectivity index (χ0) is 18.2. The van der Waals surface area contributed by atoms with E-state index in [0.29, 0.717) is 6.42 Å². The molecule has 2 aromatic rings. The maximum absolute atomic E-state index is 10.9. The van der Waals surface area contributed by atoms with Crippen molar-refractivity contribution in [2.75, 3.05) is 5.32 Å². The quantitative estimate of drug-likeness (QED) is 0.257. The number of H-pyrrole nitrogens is 1. The average Bonchev–Trinajstić information content (AvgIpc) is 3.00. The summed E-state index contributed by atoms with van der Waals surface area (Å²) in [6, 6.07) is 3.32. The first-order valence-corrected chi connectivity index (χ1v) is 10.2. The molecule has 0 aliphatic heterocycles. The topological polar surface area (TPSA) is 153 Å². The van der Waals surface area contributed by atoms with Crippen LogP contribution >= 0.6 is 0 Å². The van der Waals surface area contributed by atoms with Crippen molar-refractivity contribution in [3.63, 3.8) is 0 Å². The molecule has 2 rings (SSSR count). The van der Waals surface area contributed by atoms with Crippen LogP contribution in [0.15, 0.2) is 30.7 Å². The molecular formula is C14H18AsN3O6. The maximum Gasteiger partial charge on any atom is 0.120 e. The molecule has 1 heterocycles. The van der Waals surface area contributed by atoms with Crippen LogP contribution in [-0.4, -0.2) is 49.6 Å². The minimum absolute atomic E-state index is 0.00951. The van der Waals surface area contributed by atoms with Crippen LogP contribution in [0.5, 0.6) is 5.75 Å². The Morgan fingerprint density at radius 3 is 2.62 bits per heavy atom. The Hall–Kier alpha value is -2.35. The minimum Gasteiger partial charge on any atom is -0.351 e. The third-order valence-electron chi connectivity index (χ3n) is 2.70. The summed E-state index contributed by atoms with van der Waals surface area (Å²) >= 11 is -4.98. The summed E-state index contributed by atoms with van der Waals surface area (Å²) in [5, 5.41) is 11.6. The third-order valence-corrected chi connectivity index (χ3v) is 4.70. The molecule has 0 radical (unpaired) electrons. The average molecular weight is 399 g/mol. The summed E-state index contributed by atoms with van der Waals surface area (Å²) in [5.41, 5.74) is 0.937. The van der Waals surface area contributed by atoms with E-state index in [0.717, 1.165) is 36.6 Å². The molecular weight excluding hydrogens is 381 g/mol. The predicted molar refractivity (Wildman–Crippen MR) is 85.9 cm³/mol. The molecule has 130 valence electrons. The molecule has 0 unspecified atom stereocenters. The first-order valence-electron chi connectivity index (χ1n) is 6.82. The van der Waals surface area contributed by atoms with E-state index in [-0.39, 0.29) is 15.8 Å². The van der Waals surface area contributed by atoms with Gasteiger partial charge >= 0.3 is 88.1 Å². The van der Waals surface area contributed by atoms with E-state index in [1.165, 1.54) is 6.92 Å². The summed E-state index contributed by atoms with van der Waals surface area (Å²) in [6.45, 7) is 1.23. The monoisotopic (exact) mass is 399 g/mol. The van der Waals surface area contributed by atoms with Crippen molar-refractivity contribution in [3.8, 4) is 5.75 Å². The number of rotatable bonds is 5. The van der Waals surface area contributed by atoms with E-state index in [2.05, 4.69) is 15.3 Å². The van der Waals surface area contributed by atoms with Gasteiger partial charge in [-0.2, -0.15) is 0 Å². The van der Waals surface area contributed by atoms with Crippen LogP contribution in [0.2, 0.25) is 0 Å². The Morgan fingerprint density at radius 2 is 2.12 bits per heavy atom. The molecule has 0 aliphatic rings. The van der Waals surface area contributed by atoms with E-state index in [1.807, 2.05) is 0 Å². The number of nitrogens with one attached hydrogen (secondary N) is 2. The number of benzene rings is 1. The number of nitrogens with zero attached hydrogens (tertiary/aromatic N) is 1. The van der Waals surface area contributed by atoms with E-state index in [4.69, 9.17) is 8.19 Å². The number of aromatic amines is 1. The molecule has 10 heteroatoms. The van der Waals surface area contributed by atoms with Crippen LogP contribution < -0.4 is 9.67 Å². The molecule has 0 fully saturated rings. The SMILES string of the molecule is CC(=O)Nc1cc([As](=O)(O)O)ccc1O.O=CCCc1c[nH]cn1. The molecule has 1 amide bonds. The van der Waals surface area contributed by atoms with E-state index in [9.17, 15) is 18.4 Å². The summed E-state index contributed by atoms with van der Waals surface area (Å²) in [6.07, 6.45) is 5.61. The second-order valence-corrected chi connectivity index (χ2v) is 8.06. The first-order chi connectivity index (χ1) is 11.2. The molecule has 0 spiro atoms. The number of aldehydes is 1. The molecule has 1 aromatic heterocycles. The normalized spacial score (nSPS) is 10.5. The Balaban J connectivity index is 0.000000272. The number of aromatic nitrogens is 2. The first kappa shape index (κ1) is 19.7. The standard InChI is InChI=1S/C8H10AsNO5.C6H8N2O/c1-5(11)10-7-4-6(9(13,14)15)2-3-8(7)12;9-3-1-2-6-4-7-5-8-6/h2-4,12H,1H3,(H,10,11)(H2,13,14,15);3-5H,1-2H2,(H,7,8). The van der Waals surface area contributed by atoms with Crippen molar-refractivity contribution in [3.05, 3.63) is 36.4 Å². The number of aromatic hydroxyl groups is 1. The molecule has 24 heavy (non-hydrogen) atoms. The molecule has 5 N–H and O–H groups in total. The van der Waals surface area contributed by atoms with Crippen LogP contribution in [0, 0.1) is 0 Å². The molecule has 0 bridgehead atoms. The van der Waals surface area contributed by atoms with Gasteiger partial charge in [0.1, 0.15) is 6.29 Å². The number of carbonyl (C=O) groups is 2. The number of carbonyl (C=O) groups excluding carboxylic acids is 2. The van der Waals surface area contributed by atoms with Crippen LogP contribution in [0.3, 0.4) is 0 Å². The molecule has 0 saturated heterocycles. The number of phenols is 1.